The standard InChI is InChI=1S/C8H6ClNS/c9-8-4-5-3-6(10)1-2-7(5)11-8/h1-4H,10H2. The fraction of sp³-hybridized carbons (Fsp3) is 0. The number of nitrogen functional groups attached to an aromatic ring is 1. The van der Waals surface area contributed by atoms with Crippen molar-refractivity contribution in [3.05, 3.63) is 28.6 Å². The fourth-order valence-electron chi connectivity index (χ4n) is 1.03. The molecule has 0 atom stereocenters. The average Bonchev–Trinajstić information content (AvgIpc) is 2.27. The molecule has 2 aromatic rings. The Balaban J connectivity index is 2.82. The smallest absolute Gasteiger partial charge is 0.0940 e. The van der Waals surface area contributed by atoms with Crippen LogP contribution in [0.2, 0.25) is 4.34 Å². The molecule has 0 fully saturated rings. The molecular formula is C8H6ClNS. The Labute approximate surface area is 73.4 Å². The molecule has 0 unspecified atom stereocenters. The van der Waals surface area contributed by atoms with E-state index < -0.39 is 0 Å². The van der Waals surface area contributed by atoms with Gasteiger partial charge in [-0.25, -0.2) is 0 Å². The van der Waals surface area contributed by atoms with Crippen molar-refractivity contribution in [1.29, 1.82) is 0 Å². The van der Waals surface area contributed by atoms with Gasteiger partial charge in [0.25, 0.3) is 0 Å². The van der Waals surface area contributed by atoms with E-state index in [4.69, 9.17) is 17.3 Å². The zero-order chi connectivity index (χ0) is 7.84. The summed E-state index contributed by atoms with van der Waals surface area (Å²) in [4.78, 5) is 0. The zero-order valence-electron chi connectivity index (χ0n) is 5.67. The molecule has 3 heteroatoms. The second kappa shape index (κ2) is 2.40. The van der Waals surface area contributed by atoms with Gasteiger partial charge in [-0.05, 0) is 29.7 Å². The normalized spacial score (nSPS) is 10.6. The molecule has 2 rings (SSSR count). The maximum absolute atomic E-state index is 5.81. The summed E-state index contributed by atoms with van der Waals surface area (Å²) < 4.78 is 2.00. The summed E-state index contributed by atoms with van der Waals surface area (Å²) in [6.45, 7) is 0. The predicted octanol–water partition coefficient (Wildman–Crippen LogP) is 3.14. The van der Waals surface area contributed by atoms with Crippen LogP contribution in [0.5, 0.6) is 0 Å². The Hall–Kier alpha value is -0.730. The molecule has 0 aliphatic carbocycles. The highest BCUT2D eigenvalue weighted by Gasteiger charge is 1.98. The summed E-state index contributed by atoms with van der Waals surface area (Å²) in [6, 6.07) is 7.73. The van der Waals surface area contributed by atoms with Crippen molar-refractivity contribution in [2.45, 2.75) is 0 Å². The molecule has 0 saturated heterocycles. The van der Waals surface area contributed by atoms with E-state index in [9.17, 15) is 0 Å². The van der Waals surface area contributed by atoms with Crippen LogP contribution < -0.4 is 5.73 Å². The highest BCUT2D eigenvalue weighted by molar-refractivity contribution is 7.22. The summed E-state index contributed by atoms with van der Waals surface area (Å²) in [5.41, 5.74) is 6.38. The number of benzene rings is 1. The molecule has 0 spiro atoms. The van der Waals surface area contributed by atoms with Crippen LogP contribution in [-0.2, 0) is 0 Å². The van der Waals surface area contributed by atoms with Crippen LogP contribution in [-0.4, -0.2) is 0 Å². The van der Waals surface area contributed by atoms with Crippen molar-refractivity contribution < 1.29 is 0 Å². The first-order valence-electron chi connectivity index (χ1n) is 3.20. The van der Waals surface area contributed by atoms with Crippen LogP contribution >= 0.6 is 22.9 Å². The first kappa shape index (κ1) is 6.95. The Kier molecular flexibility index (Phi) is 1.51. The molecule has 0 bridgehead atoms. The van der Waals surface area contributed by atoms with Gasteiger partial charge in [0, 0.05) is 10.4 Å². The first-order chi connectivity index (χ1) is 5.25. The molecule has 0 aliphatic heterocycles. The largest absolute Gasteiger partial charge is 0.399 e. The second-order valence-electron chi connectivity index (χ2n) is 2.35. The van der Waals surface area contributed by atoms with Gasteiger partial charge in [0.1, 0.15) is 0 Å². The van der Waals surface area contributed by atoms with E-state index >= 15 is 0 Å². The minimum atomic E-state index is 0.784. The average molecular weight is 184 g/mol. The molecule has 0 aliphatic rings. The molecule has 1 nitrogen and oxygen atoms in total. The molecule has 1 aromatic carbocycles. The minimum Gasteiger partial charge on any atom is -0.399 e. The van der Waals surface area contributed by atoms with Gasteiger partial charge in [0.05, 0.1) is 4.34 Å². The highest BCUT2D eigenvalue weighted by atomic mass is 35.5. The van der Waals surface area contributed by atoms with E-state index in [1.165, 1.54) is 4.70 Å². The van der Waals surface area contributed by atoms with Gasteiger partial charge < -0.3 is 5.73 Å². The van der Waals surface area contributed by atoms with Gasteiger partial charge >= 0.3 is 0 Å². The van der Waals surface area contributed by atoms with Crippen LogP contribution in [0.25, 0.3) is 10.1 Å². The molecule has 0 saturated carbocycles. The SMILES string of the molecule is Nc1ccc2sc(Cl)cc2c1. The Morgan fingerprint density at radius 3 is 2.91 bits per heavy atom. The van der Waals surface area contributed by atoms with E-state index in [0.717, 1.165) is 15.4 Å². The van der Waals surface area contributed by atoms with E-state index in [0.29, 0.717) is 0 Å². The van der Waals surface area contributed by atoms with E-state index in [-0.39, 0.29) is 0 Å². The third kappa shape index (κ3) is 1.19. The summed E-state index contributed by atoms with van der Waals surface area (Å²) >= 11 is 7.38. The maximum Gasteiger partial charge on any atom is 0.0940 e. The van der Waals surface area contributed by atoms with Crippen LogP contribution in [0, 0.1) is 0 Å². The number of halogens is 1. The second-order valence-corrected chi connectivity index (χ2v) is 4.06. The number of anilines is 1. The molecule has 11 heavy (non-hydrogen) atoms. The molecule has 0 amide bonds. The van der Waals surface area contributed by atoms with Crippen molar-refractivity contribution in [3.63, 3.8) is 0 Å². The van der Waals surface area contributed by atoms with Crippen LogP contribution in [0.3, 0.4) is 0 Å². The number of thiophene rings is 1. The van der Waals surface area contributed by atoms with Gasteiger partial charge in [0.15, 0.2) is 0 Å². The quantitative estimate of drug-likeness (QED) is 0.624. The number of nitrogens with two attached hydrogens (primary N) is 1. The van der Waals surface area contributed by atoms with Gasteiger partial charge in [-0.2, -0.15) is 0 Å². The summed E-state index contributed by atoms with van der Waals surface area (Å²) in [5.74, 6) is 0. The number of hydrogen-bond acceptors (Lipinski definition) is 2. The highest BCUT2D eigenvalue weighted by Crippen LogP contribution is 2.30. The van der Waals surface area contributed by atoms with Crippen LogP contribution in [0.15, 0.2) is 24.3 Å². The van der Waals surface area contributed by atoms with Crippen molar-refractivity contribution in [2.75, 3.05) is 5.73 Å². The van der Waals surface area contributed by atoms with Crippen LogP contribution in [0.1, 0.15) is 0 Å². The summed E-state index contributed by atoms with van der Waals surface area (Å²) in [6.07, 6.45) is 0. The zero-order valence-corrected chi connectivity index (χ0v) is 7.25. The lowest BCUT2D eigenvalue weighted by Gasteiger charge is -1.90. The minimum absolute atomic E-state index is 0.784. The number of rotatable bonds is 0. The maximum atomic E-state index is 5.81. The first-order valence-corrected chi connectivity index (χ1v) is 4.40. The summed E-state index contributed by atoms with van der Waals surface area (Å²) in [7, 11) is 0. The topological polar surface area (TPSA) is 26.0 Å². The van der Waals surface area contributed by atoms with Gasteiger partial charge in [-0.1, -0.05) is 11.6 Å². The third-order valence-corrected chi connectivity index (χ3v) is 2.76. The molecule has 2 N–H and O–H groups in total. The lowest BCUT2D eigenvalue weighted by atomic mass is 10.2. The van der Waals surface area contributed by atoms with E-state index in [2.05, 4.69) is 0 Å². The Morgan fingerprint density at radius 1 is 1.27 bits per heavy atom. The molecule has 1 aromatic heterocycles. The Morgan fingerprint density at radius 2 is 2.09 bits per heavy atom. The monoisotopic (exact) mass is 183 g/mol. The van der Waals surface area contributed by atoms with Gasteiger partial charge in [0.2, 0.25) is 0 Å². The number of fused-ring (bicyclic) bond motifs is 1. The van der Waals surface area contributed by atoms with Gasteiger partial charge in [-0.3, -0.25) is 0 Å². The molecular weight excluding hydrogens is 178 g/mol. The van der Waals surface area contributed by atoms with E-state index in [1.807, 2.05) is 24.3 Å². The van der Waals surface area contributed by atoms with Crippen molar-refractivity contribution >= 4 is 38.7 Å². The molecule has 1 heterocycles. The lowest BCUT2D eigenvalue weighted by molar-refractivity contribution is 1.79. The van der Waals surface area contributed by atoms with Crippen molar-refractivity contribution in [2.24, 2.45) is 0 Å². The summed E-state index contributed by atoms with van der Waals surface area (Å²) in [5, 5.41) is 1.13. The Bertz CT molecular complexity index is 394. The molecule has 0 radical (unpaired) electrons. The van der Waals surface area contributed by atoms with Crippen LogP contribution in [0.4, 0.5) is 5.69 Å². The molecule has 56 valence electrons. The van der Waals surface area contributed by atoms with Gasteiger partial charge in [-0.15, -0.1) is 11.3 Å². The lowest BCUT2D eigenvalue weighted by Crippen LogP contribution is -1.80. The van der Waals surface area contributed by atoms with Crippen molar-refractivity contribution in [3.8, 4) is 0 Å². The number of hydrogen-bond donors (Lipinski definition) is 1. The third-order valence-electron chi connectivity index (χ3n) is 1.51. The predicted molar refractivity (Wildman–Crippen MR) is 51.2 cm³/mol. The fourth-order valence-corrected chi connectivity index (χ4v) is 2.16. The van der Waals surface area contributed by atoms with E-state index in [1.54, 1.807) is 11.3 Å². The van der Waals surface area contributed by atoms with Crippen molar-refractivity contribution in [1.82, 2.24) is 0 Å².